The summed E-state index contributed by atoms with van der Waals surface area (Å²) in [7, 11) is 0. The molecule has 0 saturated carbocycles. The average molecular weight is 881 g/mol. The molecule has 0 bridgehead atoms. The predicted molar refractivity (Wildman–Crippen MR) is 293 cm³/mol. The zero-order valence-corrected chi connectivity index (χ0v) is 38.6. The first-order chi connectivity index (χ1) is 34.0. The first kappa shape index (κ1) is 40.5. The Balaban J connectivity index is 1.13. The number of hydrogen-bond donors (Lipinski definition) is 0. The van der Waals surface area contributed by atoms with Crippen LogP contribution in [-0.4, -0.2) is 0 Å². The van der Waals surface area contributed by atoms with E-state index in [9.17, 15) is 0 Å². The number of aryl methyl sites for hydroxylation is 2. The second-order valence-electron chi connectivity index (χ2n) is 18.6. The van der Waals surface area contributed by atoms with Crippen molar-refractivity contribution >= 4 is 77.2 Å². The number of para-hydroxylation sites is 2. The van der Waals surface area contributed by atoms with Crippen molar-refractivity contribution in [3.63, 3.8) is 0 Å². The Kier molecular flexibility index (Phi) is 9.55. The lowest BCUT2D eigenvalue weighted by atomic mass is 9.67. The maximum atomic E-state index is 2.51. The van der Waals surface area contributed by atoms with Crippen molar-refractivity contribution in [3.05, 3.63) is 288 Å². The van der Waals surface area contributed by atoms with Gasteiger partial charge in [0, 0.05) is 44.3 Å². The third-order valence-electron chi connectivity index (χ3n) is 14.6. The van der Waals surface area contributed by atoms with E-state index in [1.54, 1.807) is 0 Å². The van der Waals surface area contributed by atoms with Gasteiger partial charge in [-0.2, -0.15) is 0 Å². The maximum Gasteiger partial charge on any atom is 0.0715 e. The van der Waals surface area contributed by atoms with Gasteiger partial charge in [0.25, 0.3) is 0 Å². The van der Waals surface area contributed by atoms with Crippen molar-refractivity contribution in [2.45, 2.75) is 19.3 Å². The van der Waals surface area contributed by atoms with Gasteiger partial charge in [0.05, 0.1) is 16.8 Å². The Morgan fingerprint density at radius 1 is 0.275 bits per heavy atom. The number of nitrogens with zero attached hydrogens (tertiary/aromatic N) is 2. The molecule has 2 heteroatoms. The van der Waals surface area contributed by atoms with Gasteiger partial charge in [-0.1, -0.05) is 205 Å². The van der Waals surface area contributed by atoms with Gasteiger partial charge in [-0.05, 0) is 129 Å². The third-order valence-corrected chi connectivity index (χ3v) is 14.6. The monoisotopic (exact) mass is 880 g/mol. The first-order valence-corrected chi connectivity index (χ1v) is 24.0. The minimum Gasteiger partial charge on any atom is -0.309 e. The summed E-state index contributed by atoms with van der Waals surface area (Å²) in [5.74, 6) is 0. The summed E-state index contributed by atoms with van der Waals surface area (Å²) in [6.45, 7) is 4.38. The third kappa shape index (κ3) is 6.48. The van der Waals surface area contributed by atoms with E-state index in [-0.39, 0.29) is 0 Å². The van der Waals surface area contributed by atoms with E-state index in [0.29, 0.717) is 0 Å². The van der Waals surface area contributed by atoms with E-state index in [0.717, 1.165) is 22.7 Å². The highest BCUT2D eigenvalue weighted by Crippen LogP contribution is 2.59. The zero-order valence-electron chi connectivity index (χ0n) is 38.6. The largest absolute Gasteiger partial charge is 0.309 e. The lowest BCUT2D eigenvalue weighted by molar-refractivity contribution is 0.767. The molecular weight excluding hydrogens is 833 g/mol. The number of fused-ring (bicyclic) bond motifs is 7. The van der Waals surface area contributed by atoms with Crippen molar-refractivity contribution in [2.75, 3.05) is 9.80 Å². The summed E-state index contributed by atoms with van der Waals surface area (Å²) < 4.78 is 0. The van der Waals surface area contributed by atoms with Crippen LogP contribution in [0.5, 0.6) is 0 Å². The highest BCUT2D eigenvalue weighted by Gasteiger charge is 2.47. The van der Waals surface area contributed by atoms with Crippen LogP contribution in [0.3, 0.4) is 0 Å². The zero-order chi connectivity index (χ0) is 46.1. The number of anilines is 6. The van der Waals surface area contributed by atoms with Crippen LogP contribution in [0.4, 0.5) is 34.1 Å². The molecular formula is C67H48N2. The van der Waals surface area contributed by atoms with Gasteiger partial charge < -0.3 is 9.80 Å². The summed E-state index contributed by atoms with van der Waals surface area (Å²) in [5.41, 5.74) is 16.0. The fraction of sp³-hybridized carbons (Fsp3) is 0.0448. The van der Waals surface area contributed by atoms with Crippen LogP contribution in [0.1, 0.15) is 33.4 Å². The van der Waals surface area contributed by atoms with E-state index < -0.39 is 5.41 Å². The Labute approximate surface area is 403 Å². The predicted octanol–water partition coefficient (Wildman–Crippen LogP) is 18.2. The van der Waals surface area contributed by atoms with Crippen LogP contribution in [0.2, 0.25) is 0 Å². The van der Waals surface area contributed by atoms with Crippen molar-refractivity contribution in [1.82, 2.24) is 0 Å². The van der Waals surface area contributed by atoms with Crippen molar-refractivity contribution in [1.29, 1.82) is 0 Å². The molecule has 13 rings (SSSR count). The van der Waals surface area contributed by atoms with E-state index in [1.165, 1.54) is 99.0 Å². The Morgan fingerprint density at radius 2 is 0.594 bits per heavy atom. The smallest absolute Gasteiger partial charge is 0.0715 e. The molecule has 1 aliphatic carbocycles. The van der Waals surface area contributed by atoms with Crippen LogP contribution < -0.4 is 9.80 Å². The van der Waals surface area contributed by atoms with Gasteiger partial charge in [0.2, 0.25) is 0 Å². The molecule has 0 unspecified atom stereocenters. The molecule has 0 fully saturated rings. The average Bonchev–Trinajstić information content (AvgIpc) is 3.69. The molecule has 2 nitrogen and oxygen atoms in total. The summed E-state index contributed by atoms with van der Waals surface area (Å²) in [4.78, 5) is 4.99. The molecule has 12 aromatic rings. The van der Waals surface area contributed by atoms with E-state index in [4.69, 9.17) is 0 Å². The van der Waals surface area contributed by atoms with Crippen molar-refractivity contribution in [2.24, 2.45) is 0 Å². The van der Waals surface area contributed by atoms with Crippen molar-refractivity contribution in [3.8, 4) is 11.1 Å². The van der Waals surface area contributed by atoms with Crippen LogP contribution in [0.25, 0.3) is 54.2 Å². The molecule has 0 N–H and O–H groups in total. The van der Waals surface area contributed by atoms with E-state index in [1.807, 2.05) is 0 Å². The quantitative estimate of drug-likeness (QED) is 0.140. The fourth-order valence-electron chi connectivity index (χ4n) is 11.4. The molecule has 0 heterocycles. The minimum atomic E-state index is -0.690. The highest BCUT2D eigenvalue weighted by molar-refractivity contribution is 6.16. The van der Waals surface area contributed by atoms with Gasteiger partial charge in [-0.3, -0.25) is 0 Å². The molecule has 0 atom stereocenters. The SMILES string of the molecule is Cc1ccc(C2(c3ccc(C)cc3)c3cc(N(c4ccccc4)c4c5ccccc5cc5ccccc45)ccc3-c3ccc(N(c4ccccc4)c4c5ccccc5cc5ccccc45)cc32)cc1. The fourth-order valence-corrected chi connectivity index (χ4v) is 11.4. The topological polar surface area (TPSA) is 6.48 Å². The molecule has 0 aromatic heterocycles. The number of rotatable bonds is 8. The van der Waals surface area contributed by atoms with Gasteiger partial charge in [0.1, 0.15) is 0 Å². The van der Waals surface area contributed by atoms with Crippen LogP contribution >= 0.6 is 0 Å². The van der Waals surface area contributed by atoms with Crippen LogP contribution in [0, 0.1) is 13.8 Å². The lowest BCUT2D eigenvalue weighted by Gasteiger charge is -2.36. The Hall–Kier alpha value is -8.72. The van der Waals surface area contributed by atoms with Gasteiger partial charge in [0.15, 0.2) is 0 Å². The minimum absolute atomic E-state index is 0.690. The molecule has 326 valence electrons. The lowest BCUT2D eigenvalue weighted by Crippen LogP contribution is -2.29. The van der Waals surface area contributed by atoms with Gasteiger partial charge in [-0.25, -0.2) is 0 Å². The molecule has 0 saturated heterocycles. The standard InChI is InChI=1S/C67H48N2/c1-45-29-33-51(34-30-45)67(52-35-31-46(2)32-36-52)63-43-55(68(53-21-5-3-6-22-53)65-57-25-13-9-17-47(57)41-48-18-10-14-26-58(48)65)37-39-61(63)62-40-38-56(44-64(62)67)69(54-23-7-4-8-24-54)66-59-27-15-11-19-49(59)42-50-20-12-16-28-60(50)66/h3-44H,1-2H3. The molecule has 0 aliphatic heterocycles. The summed E-state index contributed by atoms with van der Waals surface area (Å²) in [6.07, 6.45) is 0. The molecule has 0 spiro atoms. The summed E-state index contributed by atoms with van der Waals surface area (Å²) in [6, 6.07) is 94.9. The van der Waals surface area contributed by atoms with Gasteiger partial charge >= 0.3 is 0 Å². The normalized spacial score (nSPS) is 12.6. The summed E-state index contributed by atoms with van der Waals surface area (Å²) in [5, 5.41) is 9.68. The highest BCUT2D eigenvalue weighted by atomic mass is 15.2. The van der Waals surface area contributed by atoms with E-state index >= 15 is 0 Å². The Morgan fingerprint density at radius 3 is 0.942 bits per heavy atom. The molecule has 0 amide bonds. The van der Waals surface area contributed by atoms with E-state index in [2.05, 4.69) is 278 Å². The van der Waals surface area contributed by atoms with Gasteiger partial charge in [-0.15, -0.1) is 0 Å². The molecule has 69 heavy (non-hydrogen) atoms. The molecule has 0 radical (unpaired) electrons. The summed E-state index contributed by atoms with van der Waals surface area (Å²) >= 11 is 0. The number of benzene rings is 12. The second kappa shape index (κ2) is 16.3. The number of hydrogen-bond acceptors (Lipinski definition) is 2. The Bertz CT molecular complexity index is 3540. The molecule has 12 aromatic carbocycles. The maximum absolute atomic E-state index is 2.51. The molecule has 1 aliphatic rings. The second-order valence-corrected chi connectivity index (χ2v) is 18.6. The van der Waals surface area contributed by atoms with Crippen molar-refractivity contribution < 1.29 is 0 Å². The van der Waals surface area contributed by atoms with Crippen LogP contribution in [0.15, 0.2) is 255 Å². The van der Waals surface area contributed by atoms with Crippen LogP contribution in [-0.2, 0) is 5.41 Å². The first-order valence-electron chi connectivity index (χ1n) is 24.0.